The third-order valence-electron chi connectivity index (χ3n) is 11.9. The molecule has 56 heavy (non-hydrogen) atoms. The Morgan fingerprint density at radius 2 is 1.64 bits per heavy atom. The number of alkyl carbamates (subject to hydrolysis) is 1. The molecule has 3 saturated heterocycles. The number of carbonyl (C=O) groups excluding carboxylic acids is 3. The number of fused-ring (bicyclic) bond motifs is 1. The molecule has 7 rings (SSSR count). The highest BCUT2D eigenvalue weighted by atomic mass is 16.5. The Hall–Kier alpha value is -5.41. The molecule has 3 N–H and O–H groups in total. The summed E-state index contributed by atoms with van der Waals surface area (Å²) in [5, 5.41) is 2.76. The van der Waals surface area contributed by atoms with E-state index in [1.54, 1.807) is 0 Å². The van der Waals surface area contributed by atoms with Crippen LogP contribution in [-0.4, -0.2) is 87.1 Å². The Morgan fingerprint density at radius 1 is 0.929 bits per heavy atom. The van der Waals surface area contributed by atoms with Crippen LogP contribution in [0.3, 0.4) is 0 Å². The molecular weight excluding hydrogens is 707 g/mol. The quantitative estimate of drug-likeness (QED) is 0.131. The monoisotopic (exact) mass is 759 g/mol. The summed E-state index contributed by atoms with van der Waals surface area (Å²) in [7, 11) is 1.30. The van der Waals surface area contributed by atoms with E-state index in [2.05, 4.69) is 52.5 Å². The minimum atomic E-state index is -0.726. The first kappa shape index (κ1) is 38.8. The number of methoxy groups -OCH3 is 1. The third-order valence-corrected chi connectivity index (χ3v) is 11.9. The molecule has 4 aromatic rings. The van der Waals surface area contributed by atoms with Crippen molar-refractivity contribution in [2.45, 2.75) is 78.4 Å². The first-order valence-corrected chi connectivity index (χ1v) is 19.7. The number of benzene rings is 2. The number of aromatic nitrogens is 4. The first-order chi connectivity index (χ1) is 26.8. The molecule has 12 nitrogen and oxygen atoms in total. The Kier molecular flexibility index (Phi) is 11.1. The Morgan fingerprint density at radius 3 is 2.34 bits per heavy atom. The van der Waals surface area contributed by atoms with E-state index in [4.69, 9.17) is 14.5 Å². The third kappa shape index (κ3) is 7.96. The van der Waals surface area contributed by atoms with Gasteiger partial charge in [-0.25, -0.2) is 14.8 Å². The lowest BCUT2D eigenvalue weighted by atomic mass is 9.78. The van der Waals surface area contributed by atoms with Gasteiger partial charge in [0.05, 0.1) is 42.1 Å². The topological polar surface area (TPSA) is 146 Å². The minimum Gasteiger partial charge on any atom is -0.453 e. The molecule has 1 spiro atoms. The van der Waals surface area contributed by atoms with Crippen LogP contribution >= 0.6 is 0 Å². The van der Waals surface area contributed by atoms with Crippen LogP contribution in [0.5, 0.6) is 0 Å². The fraction of sp³-hybridized carbons (Fsp3) is 0.477. The van der Waals surface area contributed by atoms with Gasteiger partial charge in [0.2, 0.25) is 11.8 Å². The van der Waals surface area contributed by atoms with Crippen molar-refractivity contribution in [2.24, 2.45) is 23.2 Å². The zero-order valence-corrected chi connectivity index (χ0v) is 33.3. The first-order valence-electron chi connectivity index (χ1n) is 19.7. The number of nitrogens with zero attached hydrogens (tertiary/aromatic N) is 4. The number of likely N-dealkylation sites (tertiary alicyclic amines) is 2. The van der Waals surface area contributed by atoms with Gasteiger partial charge in [-0.05, 0) is 78.8 Å². The molecule has 294 valence electrons. The van der Waals surface area contributed by atoms with Gasteiger partial charge in [-0.1, -0.05) is 70.7 Å². The van der Waals surface area contributed by atoms with Gasteiger partial charge in [-0.2, -0.15) is 0 Å². The van der Waals surface area contributed by atoms with Crippen LogP contribution in [-0.2, 0) is 19.1 Å². The molecule has 3 aliphatic heterocycles. The largest absolute Gasteiger partial charge is 0.453 e. The van der Waals surface area contributed by atoms with Gasteiger partial charge in [0.25, 0.3) is 0 Å². The van der Waals surface area contributed by atoms with E-state index in [1.807, 2.05) is 79.2 Å². The van der Waals surface area contributed by atoms with Gasteiger partial charge in [-0.15, -0.1) is 0 Å². The number of nitrogens with one attached hydrogen (secondary N) is 3. The second-order valence-corrected chi connectivity index (χ2v) is 16.5. The number of imidazole rings is 2. The lowest BCUT2D eigenvalue weighted by Gasteiger charge is -2.34. The van der Waals surface area contributed by atoms with Crippen molar-refractivity contribution in [3.05, 3.63) is 83.6 Å². The summed E-state index contributed by atoms with van der Waals surface area (Å²) in [4.78, 5) is 60.1. The number of rotatable bonds is 8. The van der Waals surface area contributed by atoms with Gasteiger partial charge in [0.1, 0.15) is 17.7 Å². The van der Waals surface area contributed by atoms with Crippen molar-refractivity contribution in [3.8, 4) is 23.1 Å². The fourth-order valence-electron chi connectivity index (χ4n) is 8.19. The molecule has 0 saturated carbocycles. The van der Waals surface area contributed by atoms with Crippen molar-refractivity contribution in [3.63, 3.8) is 0 Å². The van der Waals surface area contributed by atoms with Gasteiger partial charge in [0, 0.05) is 43.3 Å². The maximum atomic E-state index is 14.1. The van der Waals surface area contributed by atoms with Crippen molar-refractivity contribution in [1.29, 1.82) is 0 Å². The number of hydrogen-bond donors (Lipinski definition) is 3. The van der Waals surface area contributed by atoms with Crippen LogP contribution < -0.4 is 5.32 Å². The van der Waals surface area contributed by atoms with E-state index in [1.165, 1.54) is 7.11 Å². The van der Waals surface area contributed by atoms with Crippen LogP contribution in [0.25, 0.3) is 22.3 Å². The van der Waals surface area contributed by atoms with E-state index in [9.17, 15) is 14.4 Å². The molecular formula is C44H53N7O5. The molecule has 0 unspecified atom stereocenters. The van der Waals surface area contributed by atoms with Crippen molar-refractivity contribution in [1.82, 2.24) is 35.1 Å². The average molecular weight is 760 g/mol. The predicted octanol–water partition coefficient (Wildman–Crippen LogP) is 6.93. The summed E-state index contributed by atoms with van der Waals surface area (Å²) in [5.41, 5.74) is 6.17. The van der Waals surface area contributed by atoms with E-state index < -0.39 is 12.1 Å². The van der Waals surface area contributed by atoms with Crippen molar-refractivity contribution in [2.75, 3.05) is 33.4 Å². The van der Waals surface area contributed by atoms with Crippen LogP contribution in [0.2, 0.25) is 0 Å². The Bertz CT molecular complexity index is 2170. The molecule has 5 heterocycles. The summed E-state index contributed by atoms with van der Waals surface area (Å²) in [5.74, 6) is 8.14. The Balaban J connectivity index is 1.07. The molecule has 0 bridgehead atoms. The van der Waals surface area contributed by atoms with Crippen molar-refractivity contribution >= 4 is 28.9 Å². The number of ether oxygens (including phenoxy) is 2. The maximum Gasteiger partial charge on any atom is 0.407 e. The van der Waals surface area contributed by atoms with E-state index in [-0.39, 0.29) is 47.1 Å². The average Bonchev–Trinajstić information content (AvgIpc) is 4.00. The zero-order chi connectivity index (χ0) is 39.7. The summed E-state index contributed by atoms with van der Waals surface area (Å²) in [6.45, 7) is 16.6. The van der Waals surface area contributed by atoms with E-state index >= 15 is 0 Å². The molecule has 3 fully saturated rings. The second-order valence-electron chi connectivity index (χ2n) is 16.5. The van der Waals surface area contributed by atoms with Crippen LogP contribution in [0.15, 0.2) is 60.8 Å². The SMILES string of the molecule is C=C1C[C@@H](c2ncc(-c3ccc(C#Cc4ccc5nc([C@@H]6CC7(CCOCC7)CN6C(=O)[C@@H](NC(=O)OC)C(C)C)[nH]c5c4)cc3)[nH]2)N(C(=O)[C@@H](C)C(C)C)C1. The molecule has 3 amide bonds. The molecule has 3 aliphatic rings. The Labute approximate surface area is 328 Å². The standard InChI is InChI=1S/C44H53N7O5/c1-26(2)29(6)41(52)50-24-28(5)20-36(50)39-45-23-35(48-39)32-13-10-30(11-14-32)8-9-31-12-15-33-34(21-31)47-40(46-33)37-22-44(16-18-56-19-17-44)25-51(37)42(53)38(27(3)4)49-43(54)55-7/h10-15,21,23,26-27,29,36-38H,5,16-20,22,24-25H2,1-4,6-7H3,(H,45,48)(H,46,47)(H,49,54)/t29-,36-,37-,38-/m0/s1. The molecule has 4 atom stereocenters. The van der Waals surface area contributed by atoms with E-state index in [0.29, 0.717) is 32.7 Å². The lowest BCUT2D eigenvalue weighted by Crippen LogP contribution is -2.51. The minimum absolute atomic E-state index is 0.0718. The highest BCUT2D eigenvalue weighted by Gasteiger charge is 2.49. The van der Waals surface area contributed by atoms with E-state index in [0.717, 1.165) is 69.9 Å². The maximum absolute atomic E-state index is 14.1. The van der Waals surface area contributed by atoms with Gasteiger partial charge in [0.15, 0.2) is 0 Å². The number of carbonyl (C=O) groups is 3. The molecule has 2 aromatic heterocycles. The van der Waals surface area contributed by atoms with Gasteiger partial charge >= 0.3 is 6.09 Å². The molecule has 0 aliphatic carbocycles. The number of aromatic amines is 2. The predicted molar refractivity (Wildman–Crippen MR) is 214 cm³/mol. The summed E-state index contributed by atoms with van der Waals surface area (Å²) < 4.78 is 10.5. The van der Waals surface area contributed by atoms with Crippen molar-refractivity contribution < 1.29 is 23.9 Å². The summed E-state index contributed by atoms with van der Waals surface area (Å²) in [6.07, 6.45) is 4.39. The summed E-state index contributed by atoms with van der Waals surface area (Å²) >= 11 is 0. The van der Waals surface area contributed by atoms with Crippen LogP contribution in [0, 0.1) is 35.0 Å². The van der Waals surface area contributed by atoms with Crippen LogP contribution in [0.4, 0.5) is 4.79 Å². The molecule has 12 heteroatoms. The highest BCUT2D eigenvalue weighted by Crippen LogP contribution is 2.49. The highest BCUT2D eigenvalue weighted by molar-refractivity contribution is 5.87. The number of H-pyrrole nitrogens is 2. The molecule has 2 aromatic carbocycles. The van der Waals surface area contributed by atoms with Crippen LogP contribution in [0.1, 0.15) is 95.2 Å². The normalized spacial score (nSPS) is 20.4. The summed E-state index contributed by atoms with van der Waals surface area (Å²) in [6, 6.07) is 12.8. The van der Waals surface area contributed by atoms with Gasteiger partial charge < -0.3 is 34.6 Å². The lowest BCUT2D eigenvalue weighted by molar-refractivity contribution is -0.137. The smallest absolute Gasteiger partial charge is 0.407 e. The number of hydrogen-bond acceptors (Lipinski definition) is 7. The number of amides is 3. The van der Waals surface area contributed by atoms with Gasteiger partial charge in [-0.3, -0.25) is 9.59 Å². The zero-order valence-electron chi connectivity index (χ0n) is 33.3. The second kappa shape index (κ2) is 16.0. The molecule has 0 radical (unpaired) electrons. The fourth-order valence-corrected chi connectivity index (χ4v) is 8.19.